The van der Waals surface area contributed by atoms with Crippen LogP contribution >= 0.6 is 0 Å². The quantitative estimate of drug-likeness (QED) is 0.379. The first-order chi connectivity index (χ1) is 9.29. The molecule has 0 spiro atoms. The molecule has 2 heterocycles. The zero-order valence-corrected chi connectivity index (χ0v) is 10.9. The van der Waals surface area contributed by atoms with Crippen LogP contribution < -0.4 is 16.6 Å². The number of hydrazine groups is 1. The van der Waals surface area contributed by atoms with E-state index in [1.54, 1.807) is 0 Å². The minimum atomic E-state index is -0.197. The van der Waals surface area contributed by atoms with Gasteiger partial charge in [-0.15, -0.1) is 0 Å². The summed E-state index contributed by atoms with van der Waals surface area (Å²) in [6.07, 6.45) is 6.39. The second-order valence-corrected chi connectivity index (χ2v) is 4.59. The van der Waals surface area contributed by atoms with Crippen LogP contribution in [0.5, 0.6) is 0 Å². The number of nitrogen functional groups attached to an aromatic ring is 1. The molecule has 7 heteroatoms. The Labute approximate surface area is 112 Å². The number of amides is 1. The number of carbonyl (C=O) groups excluding carboxylic acids is 1. The predicted molar refractivity (Wildman–Crippen MR) is 72.5 cm³/mol. The molecular weight excluding hydrogens is 244 g/mol. The largest absolute Gasteiger partial charge is 0.351 e. The summed E-state index contributed by atoms with van der Waals surface area (Å²) in [5.41, 5.74) is 2.67. The van der Waals surface area contributed by atoms with Gasteiger partial charge in [0.15, 0.2) is 5.82 Å². The lowest BCUT2D eigenvalue weighted by molar-refractivity contribution is 0.0946. The highest BCUT2D eigenvalue weighted by Gasteiger charge is 2.11. The fourth-order valence-corrected chi connectivity index (χ4v) is 2.12. The lowest BCUT2D eigenvalue weighted by Gasteiger charge is -2.14. The SMILES string of the molecule is NNc1cnc(C(=O)NCCCN2CCCC2)cn1. The fraction of sp³-hybridized carbons (Fsp3) is 0.583. The molecule has 0 atom stereocenters. The number of rotatable bonds is 6. The molecule has 0 bridgehead atoms. The van der Waals surface area contributed by atoms with E-state index in [9.17, 15) is 4.79 Å². The van der Waals surface area contributed by atoms with Crippen molar-refractivity contribution in [2.45, 2.75) is 19.3 Å². The highest BCUT2D eigenvalue weighted by Crippen LogP contribution is 2.07. The molecule has 7 nitrogen and oxygen atoms in total. The Balaban J connectivity index is 1.68. The van der Waals surface area contributed by atoms with Gasteiger partial charge >= 0.3 is 0 Å². The molecule has 0 saturated carbocycles. The van der Waals surface area contributed by atoms with Gasteiger partial charge in [0.1, 0.15) is 5.69 Å². The van der Waals surface area contributed by atoms with Crippen molar-refractivity contribution in [3.63, 3.8) is 0 Å². The van der Waals surface area contributed by atoms with E-state index in [0.717, 1.165) is 13.0 Å². The number of hydrogen-bond donors (Lipinski definition) is 3. The van der Waals surface area contributed by atoms with Gasteiger partial charge in [-0.1, -0.05) is 0 Å². The standard InChI is InChI=1S/C12H20N6O/c13-17-11-9-15-10(8-16-11)12(19)14-4-3-7-18-5-1-2-6-18/h8-9H,1-7,13H2,(H,14,19)(H,16,17). The van der Waals surface area contributed by atoms with E-state index >= 15 is 0 Å². The topological polar surface area (TPSA) is 96.2 Å². The van der Waals surface area contributed by atoms with Gasteiger partial charge in [0.2, 0.25) is 0 Å². The van der Waals surface area contributed by atoms with E-state index in [0.29, 0.717) is 18.1 Å². The van der Waals surface area contributed by atoms with Gasteiger partial charge in [0.25, 0.3) is 5.91 Å². The monoisotopic (exact) mass is 264 g/mol. The number of nitrogens with two attached hydrogens (primary N) is 1. The van der Waals surface area contributed by atoms with Crippen molar-refractivity contribution < 1.29 is 4.79 Å². The minimum absolute atomic E-state index is 0.197. The summed E-state index contributed by atoms with van der Waals surface area (Å²) >= 11 is 0. The van der Waals surface area contributed by atoms with E-state index in [1.807, 2.05) is 0 Å². The van der Waals surface area contributed by atoms with E-state index in [1.165, 1.54) is 38.3 Å². The number of carbonyl (C=O) groups is 1. The summed E-state index contributed by atoms with van der Waals surface area (Å²) in [5.74, 6) is 5.42. The zero-order valence-electron chi connectivity index (χ0n) is 10.9. The number of hydrogen-bond acceptors (Lipinski definition) is 6. The van der Waals surface area contributed by atoms with Crippen LogP contribution in [0.4, 0.5) is 5.82 Å². The third kappa shape index (κ3) is 4.15. The smallest absolute Gasteiger partial charge is 0.271 e. The van der Waals surface area contributed by atoms with Crippen LogP contribution in [-0.2, 0) is 0 Å². The van der Waals surface area contributed by atoms with Gasteiger partial charge in [-0.05, 0) is 38.9 Å². The molecule has 1 aromatic rings. The first kappa shape index (κ1) is 13.7. The maximum Gasteiger partial charge on any atom is 0.271 e. The van der Waals surface area contributed by atoms with Crippen molar-refractivity contribution >= 4 is 11.7 Å². The van der Waals surface area contributed by atoms with Crippen LogP contribution in [0.3, 0.4) is 0 Å². The predicted octanol–water partition coefficient (Wildman–Crippen LogP) is -0.0221. The van der Waals surface area contributed by atoms with Crippen molar-refractivity contribution in [2.75, 3.05) is 31.6 Å². The molecule has 1 aliphatic rings. The normalized spacial score (nSPS) is 15.4. The molecule has 4 N–H and O–H groups in total. The lowest BCUT2D eigenvalue weighted by atomic mass is 10.3. The van der Waals surface area contributed by atoms with Crippen molar-refractivity contribution in [1.29, 1.82) is 0 Å². The minimum Gasteiger partial charge on any atom is -0.351 e. The third-order valence-corrected chi connectivity index (χ3v) is 3.17. The van der Waals surface area contributed by atoms with Crippen molar-refractivity contribution in [1.82, 2.24) is 20.2 Å². The first-order valence-corrected chi connectivity index (χ1v) is 6.59. The summed E-state index contributed by atoms with van der Waals surface area (Å²) in [7, 11) is 0. The second kappa shape index (κ2) is 7.01. The van der Waals surface area contributed by atoms with Gasteiger partial charge in [-0.25, -0.2) is 15.8 Å². The lowest BCUT2D eigenvalue weighted by Crippen LogP contribution is -2.29. The van der Waals surface area contributed by atoms with Gasteiger partial charge in [-0.3, -0.25) is 4.79 Å². The van der Waals surface area contributed by atoms with Crippen LogP contribution in [-0.4, -0.2) is 47.0 Å². The average molecular weight is 264 g/mol. The van der Waals surface area contributed by atoms with Crippen molar-refractivity contribution in [2.24, 2.45) is 5.84 Å². The van der Waals surface area contributed by atoms with E-state index in [-0.39, 0.29) is 5.91 Å². The molecule has 0 aromatic carbocycles. The van der Waals surface area contributed by atoms with Gasteiger partial charge in [0, 0.05) is 6.54 Å². The summed E-state index contributed by atoms with van der Waals surface area (Å²) in [5, 5.41) is 2.84. The molecule has 2 rings (SSSR count). The van der Waals surface area contributed by atoms with E-state index in [2.05, 4.69) is 25.6 Å². The van der Waals surface area contributed by atoms with E-state index < -0.39 is 0 Å². The molecule has 19 heavy (non-hydrogen) atoms. The maximum atomic E-state index is 11.8. The van der Waals surface area contributed by atoms with Crippen LogP contribution in [0, 0.1) is 0 Å². The molecule has 1 aliphatic heterocycles. The molecular formula is C12H20N6O. The van der Waals surface area contributed by atoms with Crippen molar-refractivity contribution in [3.05, 3.63) is 18.1 Å². The Morgan fingerprint density at radius 1 is 1.32 bits per heavy atom. The Morgan fingerprint density at radius 3 is 2.74 bits per heavy atom. The van der Waals surface area contributed by atoms with E-state index in [4.69, 9.17) is 5.84 Å². The molecule has 1 fully saturated rings. The number of nitrogens with zero attached hydrogens (tertiary/aromatic N) is 3. The first-order valence-electron chi connectivity index (χ1n) is 6.59. The highest BCUT2D eigenvalue weighted by atomic mass is 16.1. The summed E-state index contributed by atoms with van der Waals surface area (Å²) in [6, 6.07) is 0. The van der Waals surface area contributed by atoms with Crippen molar-refractivity contribution in [3.8, 4) is 0 Å². The van der Waals surface area contributed by atoms with Crippen LogP contribution in [0.25, 0.3) is 0 Å². The third-order valence-electron chi connectivity index (χ3n) is 3.17. The Bertz CT molecular complexity index is 401. The zero-order chi connectivity index (χ0) is 13.5. The molecule has 104 valence electrons. The number of aromatic nitrogens is 2. The number of likely N-dealkylation sites (tertiary alicyclic amines) is 1. The molecule has 1 aromatic heterocycles. The Kier molecular flexibility index (Phi) is 5.05. The van der Waals surface area contributed by atoms with Gasteiger partial charge < -0.3 is 15.6 Å². The Hall–Kier alpha value is -1.73. The molecule has 1 saturated heterocycles. The van der Waals surface area contributed by atoms with Crippen LogP contribution in [0.15, 0.2) is 12.4 Å². The Morgan fingerprint density at radius 2 is 2.11 bits per heavy atom. The van der Waals surface area contributed by atoms with Gasteiger partial charge in [0.05, 0.1) is 12.4 Å². The number of anilines is 1. The number of nitrogens with one attached hydrogen (secondary N) is 2. The summed E-state index contributed by atoms with van der Waals surface area (Å²) < 4.78 is 0. The maximum absolute atomic E-state index is 11.8. The highest BCUT2D eigenvalue weighted by molar-refractivity contribution is 5.91. The molecule has 1 amide bonds. The summed E-state index contributed by atoms with van der Waals surface area (Å²) in [6.45, 7) is 4.08. The van der Waals surface area contributed by atoms with Gasteiger partial charge in [-0.2, -0.15) is 0 Å². The van der Waals surface area contributed by atoms with Crippen LogP contribution in [0.2, 0.25) is 0 Å². The molecule has 0 aliphatic carbocycles. The average Bonchev–Trinajstić information content (AvgIpc) is 2.96. The molecule has 0 radical (unpaired) electrons. The summed E-state index contributed by atoms with van der Waals surface area (Å²) in [4.78, 5) is 22.1. The fourth-order valence-electron chi connectivity index (χ4n) is 2.12. The van der Waals surface area contributed by atoms with Crippen LogP contribution in [0.1, 0.15) is 29.8 Å². The second-order valence-electron chi connectivity index (χ2n) is 4.59. The molecule has 0 unspecified atom stereocenters.